The lowest BCUT2D eigenvalue weighted by atomic mass is 10.0. The van der Waals surface area contributed by atoms with Gasteiger partial charge in [0, 0.05) is 53.9 Å². The molecule has 0 spiro atoms. The van der Waals surface area contributed by atoms with Crippen molar-refractivity contribution in [2.45, 2.75) is 13.8 Å². The molecule has 0 bridgehead atoms. The van der Waals surface area contributed by atoms with E-state index in [9.17, 15) is 9.59 Å². The Morgan fingerprint density at radius 1 is 0.774 bits per heavy atom. The maximum Gasteiger partial charge on any atom is 0.254 e. The number of aromatic nitrogens is 1. The fourth-order valence-electron chi connectivity index (χ4n) is 4.47. The Bertz CT molecular complexity index is 1310. The molecule has 5 rings (SSSR count). The molecule has 4 aromatic rings. The number of aryl methyl sites for hydroxylation is 2. The van der Waals surface area contributed by atoms with Crippen molar-refractivity contribution >= 4 is 33.5 Å². The first-order chi connectivity index (χ1) is 15.0. The molecule has 31 heavy (non-hydrogen) atoms. The van der Waals surface area contributed by atoms with Crippen LogP contribution in [-0.4, -0.2) is 52.8 Å². The van der Waals surface area contributed by atoms with Crippen molar-refractivity contribution in [2.75, 3.05) is 26.2 Å². The van der Waals surface area contributed by atoms with Gasteiger partial charge in [0.2, 0.25) is 0 Å². The summed E-state index contributed by atoms with van der Waals surface area (Å²) in [4.78, 5) is 33.3. The minimum Gasteiger partial charge on any atom is -0.358 e. The number of aromatic amines is 1. The summed E-state index contributed by atoms with van der Waals surface area (Å²) in [7, 11) is 0. The molecule has 5 heteroatoms. The molecule has 2 heterocycles. The highest BCUT2D eigenvalue weighted by molar-refractivity contribution is 6.07. The number of carbonyl (C=O) groups excluding carboxylic acids is 2. The molecule has 0 saturated carbocycles. The number of hydrogen-bond acceptors (Lipinski definition) is 2. The number of H-pyrrole nitrogens is 1. The highest BCUT2D eigenvalue weighted by Crippen LogP contribution is 2.24. The highest BCUT2D eigenvalue weighted by atomic mass is 16.2. The van der Waals surface area contributed by atoms with Gasteiger partial charge in [0.15, 0.2) is 0 Å². The van der Waals surface area contributed by atoms with Crippen molar-refractivity contribution in [3.05, 3.63) is 83.0 Å². The number of fused-ring (bicyclic) bond motifs is 2. The molecule has 1 N–H and O–H groups in total. The van der Waals surface area contributed by atoms with Crippen molar-refractivity contribution < 1.29 is 9.59 Å². The largest absolute Gasteiger partial charge is 0.358 e. The summed E-state index contributed by atoms with van der Waals surface area (Å²) >= 11 is 0. The van der Waals surface area contributed by atoms with Gasteiger partial charge in [-0.3, -0.25) is 9.59 Å². The molecule has 1 fully saturated rings. The summed E-state index contributed by atoms with van der Waals surface area (Å²) in [6.45, 7) is 6.27. The first-order valence-electron chi connectivity index (χ1n) is 10.7. The molecule has 0 radical (unpaired) electrons. The second kappa shape index (κ2) is 7.58. The zero-order valence-electron chi connectivity index (χ0n) is 17.8. The monoisotopic (exact) mass is 411 g/mol. The first-order valence-corrected chi connectivity index (χ1v) is 10.7. The number of carbonyl (C=O) groups is 2. The lowest BCUT2D eigenvalue weighted by Crippen LogP contribution is -2.50. The molecule has 5 nitrogen and oxygen atoms in total. The van der Waals surface area contributed by atoms with Crippen LogP contribution in [0.25, 0.3) is 21.7 Å². The SMILES string of the molecule is Cc1[nH]c2ccc(C(=O)N3CCN(C(=O)c4cccc5ccccc45)CC3)cc2c1C. The fourth-order valence-corrected chi connectivity index (χ4v) is 4.47. The van der Waals surface area contributed by atoms with Gasteiger partial charge in [-0.05, 0) is 54.4 Å². The van der Waals surface area contributed by atoms with Crippen LogP contribution >= 0.6 is 0 Å². The van der Waals surface area contributed by atoms with Crippen LogP contribution in [0.3, 0.4) is 0 Å². The first kappa shape index (κ1) is 19.4. The number of piperazine rings is 1. The minimum absolute atomic E-state index is 0.0254. The zero-order chi connectivity index (χ0) is 21.5. The van der Waals surface area contributed by atoms with Crippen LogP contribution in [0, 0.1) is 13.8 Å². The van der Waals surface area contributed by atoms with Crippen LogP contribution in [0.1, 0.15) is 32.0 Å². The fraction of sp³-hybridized carbons (Fsp3) is 0.231. The van der Waals surface area contributed by atoms with Crippen molar-refractivity contribution in [1.82, 2.24) is 14.8 Å². The number of benzene rings is 3. The molecule has 0 atom stereocenters. The zero-order valence-corrected chi connectivity index (χ0v) is 17.8. The number of amides is 2. The maximum atomic E-state index is 13.2. The van der Waals surface area contributed by atoms with Gasteiger partial charge in [-0.1, -0.05) is 36.4 Å². The van der Waals surface area contributed by atoms with E-state index in [2.05, 4.69) is 11.9 Å². The average Bonchev–Trinajstić information content (AvgIpc) is 3.10. The lowest BCUT2D eigenvalue weighted by molar-refractivity contribution is 0.0536. The Balaban J connectivity index is 1.31. The second-order valence-electron chi connectivity index (χ2n) is 8.25. The summed E-state index contributed by atoms with van der Waals surface area (Å²) < 4.78 is 0. The Hall–Kier alpha value is -3.60. The normalized spacial score (nSPS) is 14.4. The van der Waals surface area contributed by atoms with Crippen molar-refractivity contribution in [1.29, 1.82) is 0 Å². The predicted molar refractivity (Wildman–Crippen MR) is 124 cm³/mol. The van der Waals surface area contributed by atoms with E-state index < -0.39 is 0 Å². The quantitative estimate of drug-likeness (QED) is 0.527. The van der Waals surface area contributed by atoms with Crippen molar-refractivity contribution in [3.63, 3.8) is 0 Å². The number of nitrogens with zero attached hydrogens (tertiary/aromatic N) is 2. The van der Waals surface area contributed by atoms with Crippen LogP contribution < -0.4 is 0 Å². The second-order valence-corrected chi connectivity index (χ2v) is 8.25. The molecular formula is C26H25N3O2. The summed E-state index contributed by atoms with van der Waals surface area (Å²) in [5.74, 6) is 0.0566. The van der Waals surface area contributed by atoms with Gasteiger partial charge < -0.3 is 14.8 Å². The van der Waals surface area contributed by atoms with Crippen LogP contribution in [0.4, 0.5) is 0 Å². The van der Waals surface area contributed by atoms with Gasteiger partial charge >= 0.3 is 0 Å². The van der Waals surface area contributed by atoms with Crippen LogP contribution in [-0.2, 0) is 0 Å². The smallest absolute Gasteiger partial charge is 0.254 e. The Kier molecular flexibility index (Phi) is 4.74. The van der Waals surface area contributed by atoms with E-state index in [1.807, 2.05) is 77.4 Å². The van der Waals surface area contributed by atoms with E-state index in [0.29, 0.717) is 31.7 Å². The number of rotatable bonds is 2. The predicted octanol–water partition coefficient (Wildman–Crippen LogP) is 4.54. The average molecular weight is 412 g/mol. The lowest BCUT2D eigenvalue weighted by Gasteiger charge is -2.35. The van der Waals surface area contributed by atoms with Gasteiger partial charge in [-0.25, -0.2) is 0 Å². The molecule has 1 saturated heterocycles. The molecule has 1 aliphatic heterocycles. The number of hydrogen-bond donors (Lipinski definition) is 1. The molecule has 0 unspecified atom stereocenters. The highest BCUT2D eigenvalue weighted by Gasteiger charge is 2.26. The van der Waals surface area contributed by atoms with E-state index in [0.717, 1.165) is 32.9 Å². The third kappa shape index (κ3) is 3.36. The minimum atomic E-state index is 0.0254. The molecule has 1 aliphatic rings. The summed E-state index contributed by atoms with van der Waals surface area (Å²) in [6.07, 6.45) is 0. The van der Waals surface area contributed by atoms with Crippen molar-refractivity contribution in [2.24, 2.45) is 0 Å². The van der Waals surface area contributed by atoms with E-state index in [1.165, 1.54) is 5.56 Å². The third-order valence-electron chi connectivity index (χ3n) is 6.43. The third-order valence-corrected chi connectivity index (χ3v) is 6.43. The molecular weight excluding hydrogens is 386 g/mol. The molecule has 0 aliphatic carbocycles. The molecule has 3 aromatic carbocycles. The Morgan fingerprint density at radius 2 is 1.45 bits per heavy atom. The summed E-state index contributed by atoms with van der Waals surface area (Å²) in [5.41, 5.74) is 4.78. The Morgan fingerprint density at radius 3 is 2.23 bits per heavy atom. The standard InChI is InChI=1S/C26H25N3O2/c1-17-18(2)27-24-11-10-20(16-23(17)24)25(30)28-12-14-29(15-13-28)26(31)22-9-5-7-19-6-3-4-8-21(19)22/h3-11,16,27H,12-15H2,1-2H3. The van der Waals surface area contributed by atoms with Crippen LogP contribution in [0.2, 0.25) is 0 Å². The van der Waals surface area contributed by atoms with Gasteiger partial charge in [0.1, 0.15) is 0 Å². The maximum absolute atomic E-state index is 13.2. The molecule has 2 amide bonds. The molecule has 156 valence electrons. The van der Waals surface area contributed by atoms with Crippen molar-refractivity contribution in [3.8, 4) is 0 Å². The van der Waals surface area contributed by atoms with Gasteiger partial charge in [0.25, 0.3) is 11.8 Å². The Labute approximate surface area is 181 Å². The number of nitrogens with one attached hydrogen (secondary N) is 1. The van der Waals surface area contributed by atoms with E-state index in [4.69, 9.17) is 0 Å². The van der Waals surface area contributed by atoms with E-state index >= 15 is 0 Å². The van der Waals surface area contributed by atoms with Gasteiger partial charge in [0.05, 0.1) is 0 Å². The van der Waals surface area contributed by atoms with Crippen LogP contribution in [0.15, 0.2) is 60.7 Å². The van der Waals surface area contributed by atoms with Crippen LogP contribution in [0.5, 0.6) is 0 Å². The van der Waals surface area contributed by atoms with E-state index in [1.54, 1.807) is 0 Å². The molecule has 1 aromatic heterocycles. The summed E-state index contributed by atoms with van der Waals surface area (Å²) in [5, 5.41) is 3.12. The topological polar surface area (TPSA) is 56.4 Å². The summed E-state index contributed by atoms with van der Waals surface area (Å²) in [6, 6.07) is 19.6. The van der Waals surface area contributed by atoms with Gasteiger partial charge in [-0.15, -0.1) is 0 Å². The van der Waals surface area contributed by atoms with Gasteiger partial charge in [-0.2, -0.15) is 0 Å². The van der Waals surface area contributed by atoms with E-state index in [-0.39, 0.29) is 11.8 Å².